The molecule has 4 rings (SSSR count). The monoisotopic (exact) mass is 395 g/mol. The number of halogens is 2. The molecule has 0 aliphatic rings. The number of thiophene rings is 1. The molecule has 2 nitrogen and oxygen atoms in total. The van der Waals surface area contributed by atoms with Crippen LogP contribution in [0.5, 0.6) is 0 Å². The standard InChI is InChI=1S/C22H15ClFNOS/c23-17-8-6-14(7-9-17)22-20(21(26)16-4-2-10-25-12-16)19(13-27-22)15-3-1-5-18(24)11-15/h1-13,21,26H. The van der Waals surface area contributed by atoms with Gasteiger partial charge in [0, 0.05) is 33.4 Å². The van der Waals surface area contributed by atoms with Crippen LogP contribution in [0.1, 0.15) is 17.2 Å². The van der Waals surface area contributed by atoms with Crippen LogP contribution in [0.15, 0.2) is 78.4 Å². The summed E-state index contributed by atoms with van der Waals surface area (Å²) in [6.45, 7) is 0. The average Bonchev–Trinajstić information content (AvgIpc) is 3.14. The predicted octanol–water partition coefficient (Wildman–Crippen LogP) is 6.35. The van der Waals surface area contributed by atoms with Crippen molar-refractivity contribution in [1.82, 2.24) is 4.98 Å². The average molecular weight is 396 g/mol. The highest BCUT2D eigenvalue weighted by atomic mass is 35.5. The Bertz CT molecular complexity index is 1060. The van der Waals surface area contributed by atoms with Crippen LogP contribution in [0.3, 0.4) is 0 Å². The molecule has 5 heteroatoms. The molecule has 0 aliphatic carbocycles. The lowest BCUT2D eigenvalue weighted by Crippen LogP contribution is -2.02. The summed E-state index contributed by atoms with van der Waals surface area (Å²) >= 11 is 7.53. The lowest BCUT2D eigenvalue weighted by atomic mass is 9.93. The molecule has 0 spiro atoms. The van der Waals surface area contributed by atoms with Gasteiger partial charge >= 0.3 is 0 Å². The zero-order valence-electron chi connectivity index (χ0n) is 14.1. The first kappa shape index (κ1) is 17.9. The van der Waals surface area contributed by atoms with Crippen LogP contribution in [-0.2, 0) is 0 Å². The fraction of sp³-hybridized carbons (Fsp3) is 0.0455. The van der Waals surface area contributed by atoms with Gasteiger partial charge in [0.05, 0.1) is 0 Å². The van der Waals surface area contributed by atoms with E-state index in [1.807, 2.05) is 41.8 Å². The zero-order chi connectivity index (χ0) is 18.8. The molecule has 0 bridgehead atoms. The van der Waals surface area contributed by atoms with Crippen molar-refractivity contribution in [3.8, 4) is 21.6 Å². The summed E-state index contributed by atoms with van der Waals surface area (Å²) in [5.74, 6) is -0.312. The van der Waals surface area contributed by atoms with Gasteiger partial charge in [-0.05, 0) is 52.4 Å². The molecule has 0 amide bonds. The molecule has 0 saturated carbocycles. The molecule has 2 aromatic carbocycles. The molecule has 0 fully saturated rings. The van der Waals surface area contributed by atoms with Crippen molar-refractivity contribution in [2.24, 2.45) is 0 Å². The minimum absolute atomic E-state index is 0.312. The van der Waals surface area contributed by atoms with Gasteiger partial charge in [-0.3, -0.25) is 4.98 Å². The summed E-state index contributed by atoms with van der Waals surface area (Å²) in [5.41, 5.74) is 3.90. The predicted molar refractivity (Wildman–Crippen MR) is 108 cm³/mol. The molecular formula is C22H15ClFNOS. The van der Waals surface area contributed by atoms with Crippen molar-refractivity contribution >= 4 is 22.9 Å². The molecule has 0 aliphatic heterocycles. The van der Waals surface area contributed by atoms with Crippen LogP contribution in [0.2, 0.25) is 5.02 Å². The zero-order valence-corrected chi connectivity index (χ0v) is 15.7. The molecule has 0 saturated heterocycles. The number of aliphatic hydroxyl groups excluding tert-OH is 1. The summed E-state index contributed by atoms with van der Waals surface area (Å²) in [6, 6.07) is 17.5. The Labute approximate surface area is 165 Å². The van der Waals surface area contributed by atoms with Gasteiger partial charge in [-0.25, -0.2) is 4.39 Å². The van der Waals surface area contributed by atoms with Crippen LogP contribution in [-0.4, -0.2) is 10.1 Å². The van der Waals surface area contributed by atoms with E-state index >= 15 is 0 Å². The summed E-state index contributed by atoms with van der Waals surface area (Å²) in [5, 5.41) is 13.7. The van der Waals surface area contributed by atoms with Crippen molar-refractivity contribution in [2.75, 3.05) is 0 Å². The first-order valence-electron chi connectivity index (χ1n) is 8.35. The van der Waals surface area contributed by atoms with E-state index in [2.05, 4.69) is 4.98 Å². The number of nitrogens with zero attached hydrogens (tertiary/aromatic N) is 1. The number of aliphatic hydroxyl groups is 1. The molecule has 1 N–H and O–H groups in total. The largest absolute Gasteiger partial charge is 0.384 e. The third-order valence-electron chi connectivity index (χ3n) is 4.35. The Hall–Kier alpha value is -2.53. The quantitative estimate of drug-likeness (QED) is 0.436. The van der Waals surface area contributed by atoms with E-state index < -0.39 is 6.10 Å². The third-order valence-corrected chi connectivity index (χ3v) is 5.64. The highest BCUT2D eigenvalue weighted by molar-refractivity contribution is 7.14. The molecule has 1 atom stereocenters. The van der Waals surface area contributed by atoms with Gasteiger partial charge in [0.25, 0.3) is 0 Å². The summed E-state index contributed by atoms with van der Waals surface area (Å²) in [4.78, 5) is 5.03. The minimum Gasteiger partial charge on any atom is -0.384 e. The van der Waals surface area contributed by atoms with E-state index in [0.717, 1.165) is 27.1 Å². The smallest absolute Gasteiger partial charge is 0.123 e. The molecule has 27 heavy (non-hydrogen) atoms. The summed E-state index contributed by atoms with van der Waals surface area (Å²) in [6.07, 6.45) is 2.43. The van der Waals surface area contributed by atoms with Crippen molar-refractivity contribution in [3.63, 3.8) is 0 Å². The molecule has 0 radical (unpaired) electrons. The Morgan fingerprint density at radius 3 is 2.52 bits per heavy atom. The summed E-state index contributed by atoms with van der Waals surface area (Å²) in [7, 11) is 0. The maximum atomic E-state index is 13.8. The van der Waals surface area contributed by atoms with Gasteiger partial charge in [-0.15, -0.1) is 11.3 Å². The van der Waals surface area contributed by atoms with Crippen molar-refractivity contribution in [1.29, 1.82) is 0 Å². The van der Waals surface area contributed by atoms with Crippen molar-refractivity contribution < 1.29 is 9.50 Å². The SMILES string of the molecule is OC(c1cccnc1)c1c(-c2cccc(F)c2)csc1-c1ccc(Cl)cc1. The van der Waals surface area contributed by atoms with Crippen LogP contribution in [0.4, 0.5) is 4.39 Å². The van der Waals surface area contributed by atoms with Crippen LogP contribution >= 0.6 is 22.9 Å². The van der Waals surface area contributed by atoms with E-state index in [-0.39, 0.29) is 5.82 Å². The summed E-state index contributed by atoms with van der Waals surface area (Å²) < 4.78 is 13.8. The lowest BCUT2D eigenvalue weighted by Gasteiger charge is -2.15. The lowest BCUT2D eigenvalue weighted by molar-refractivity contribution is 0.221. The topological polar surface area (TPSA) is 33.1 Å². The normalized spacial score (nSPS) is 12.1. The Morgan fingerprint density at radius 1 is 1.00 bits per heavy atom. The van der Waals surface area contributed by atoms with Gasteiger partial charge in [0.1, 0.15) is 11.9 Å². The van der Waals surface area contributed by atoms with Gasteiger partial charge in [0.15, 0.2) is 0 Å². The first-order chi connectivity index (χ1) is 13.1. The number of aromatic nitrogens is 1. The number of benzene rings is 2. The van der Waals surface area contributed by atoms with E-state index in [1.165, 1.54) is 23.5 Å². The van der Waals surface area contributed by atoms with Crippen molar-refractivity contribution in [2.45, 2.75) is 6.10 Å². The molecular weight excluding hydrogens is 381 g/mol. The number of rotatable bonds is 4. The number of pyridine rings is 1. The van der Waals surface area contributed by atoms with Gasteiger partial charge in [0.2, 0.25) is 0 Å². The molecule has 4 aromatic rings. The Morgan fingerprint density at radius 2 is 1.81 bits per heavy atom. The highest BCUT2D eigenvalue weighted by Gasteiger charge is 2.23. The highest BCUT2D eigenvalue weighted by Crippen LogP contribution is 2.43. The van der Waals surface area contributed by atoms with Crippen molar-refractivity contribution in [3.05, 3.63) is 100 Å². The van der Waals surface area contributed by atoms with E-state index in [0.29, 0.717) is 10.6 Å². The maximum absolute atomic E-state index is 13.8. The van der Waals surface area contributed by atoms with E-state index in [4.69, 9.17) is 11.6 Å². The molecule has 1 unspecified atom stereocenters. The second-order valence-electron chi connectivity index (χ2n) is 6.10. The maximum Gasteiger partial charge on any atom is 0.123 e. The van der Waals surface area contributed by atoms with Gasteiger partial charge in [-0.2, -0.15) is 0 Å². The van der Waals surface area contributed by atoms with Crippen LogP contribution < -0.4 is 0 Å². The van der Waals surface area contributed by atoms with Gasteiger partial charge < -0.3 is 5.11 Å². The number of hydrogen-bond donors (Lipinski definition) is 1. The van der Waals surface area contributed by atoms with E-state index in [9.17, 15) is 9.50 Å². The Kier molecular flexibility index (Phi) is 5.03. The second-order valence-corrected chi connectivity index (χ2v) is 7.41. The molecule has 134 valence electrons. The number of hydrogen-bond acceptors (Lipinski definition) is 3. The van der Waals surface area contributed by atoms with E-state index in [1.54, 1.807) is 24.5 Å². The fourth-order valence-corrected chi connectivity index (χ4v) is 4.29. The minimum atomic E-state index is -0.881. The Balaban J connectivity index is 1.91. The van der Waals surface area contributed by atoms with Gasteiger partial charge in [-0.1, -0.05) is 41.9 Å². The second kappa shape index (κ2) is 7.61. The van der Waals surface area contributed by atoms with Crippen LogP contribution in [0.25, 0.3) is 21.6 Å². The fourth-order valence-electron chi connectivity index (χ4n) is 3.05. The third kappa shape index (κ3) is 3.65. The molecule has 2 heterocycles. The molecule has 2 aromatic heterocycles. The first-order valence-corrected chi connectivity index (χ1v) is 9.60. The van der Waals surface area contributed by atoms with Crippen LogP contribution in [0, 0.1) is 5.82 Å².